The molecular weight excluding hydrogens is 293 g/mol. The fourth-order valence-electron chi connectivity index (χ4n) is 2.11. The zero-order chi connectivity index (χ0) is 15.6. The summed E-state index contributed by atoms with van der Waals surface area (Å²) in [5.74, 6) is -0.541. The highest BCUT2D eigenvalue weighted by Crippen LogP contribution is 2.34. The SMILES string of the molecule is [C-]#[N+]c1cc(F)cc(C2CC=NN2C(=O)C(C)(C)CCl)c1. The molecule has 6 heteroatoms. The van der Waals surface area contributed by atoms with Crippen LogP contribution in [-0.2, 0) is 4.79 Å². The molecule has 1 atom stereocenters. The topological polar surface area (TPSA) is 37.0 Å². The highest BCUT2D eigenvalue weighted by atomic mass is 35.5. The molecule has 0 aromatic heterocycles. The number of hydrazone groups is 1. The Labute approximate surface area is 128 Å². The van der Waals surface area contributed by atoms with Crippen molar-refractivity contribution in [2.45, 2.75) is 26.3 Å². The maximum atomic E-state index is 13.6. The maximum Gasteiger partial charge on any atom is 0.250 e. The van der Waals surface area contributed by atoms with Gasteiger partial charge in [-0.1, -0.05) is 6.07 Å². The lowest BCUT2D eigenvalue weighted by Crippen LogP contribution is -2.39. The van der Waals surface area contributed by atoms with Crippen LogP contribution in [0.5, 0.6) is 0 Å². The van der Waals surface area contributed by atoms with E-state index in [0.29, 0.717) is 12.0 Å². The monoisotopic (exact) mass is 307 g/mol. The predicted molar refractivity (Wildman–Crippen MR) is 79.9 cm³/mol. The molecule has 1 aromatic carbocycles. The van der Waals surface area contributed by atoms with Crippen molar-refractivity contribution in [2.24, 2.45) is 10.5 Å². The molecular formula is C15H15ClFN3O. The first kappa shape index (κ1) is 15.5. The van der Waals surface area contributed by atoms with Crippen LogP contribution in [-0.4, -0.2) is 23.0 Å². The third kappa shape index (κ3) is 3.06. The van der Waals surface area contributed by atoms with Crippen molar-refractivity contribution in [2.75, 3.05) is 5.88 Å². The van der Waals surface area contributed by atoms with Crippen LogP contribution in [0.4, 0.5) is 10.1 Å². The second-order valence-corrected chi connectivity index (χ2v) is 5.84. The number of carbonyl (C=O) groups is 1. The quantitative estimate of drug-likeness (QED) is 0.616. The highest BCUT2D eigenvalue weighted by molar-refractivity contribution is 6.19. The zero-order valence-electron chi connectivity index (χ0n) is 11.8. The van der Waals surface area contributed by atoms with Gasteiger partial charge in [0.2, 0.25) is 5.91 Å². The number of nitrogens with zero attached hydrogens (tertiary/aromatic N) is 3. The summed E-state index contributed by atoms with van der Waals surface area (Å²) in [6, 6.07) is 3.70. The van der Waals surface area contributed by atoms with Gasteiger partial charge in [-0.15, -0.1) is 11.6 Å². The van der Waals surface area contributed by atoms with Crippen molar-refractivity contribution in [1.82, 2.24) is 5.01 Å². The second-order valence-electron chi connectivity index (χ2n) is 5.57. The molecule has 1 heterocycles. The van der Waals surface area contributed by atoms with E-state index >= 15 is 0 Å². The molecule has 21 heavy (non-hydrogen) atoms. The molecule has 1 aliphatic rings. The first-order valence-corrected chi connectivity index (χ1v) is 7.02. The Balaban J connectivity index is 2.35. The standard InChI is InChI=1S/C15H15ClFN3O/c1-15(2,9-16)14(21)20-13(4-5-19-20)10-6-11(17)8-12(7-10)18-3/h5-8,13H,4,9H2,1-2H3. The third-order valence-electron chi connectivity index (χ3n) is 3.37. The van der Waals surface area contributed by atoms with Gasteiger partial charge in [-0.05, 0) is 31.5 Å². The van der Waals surface area contributed by atoms with Crippen LogP contribution in [0.25, 0.3) is 4.85 Å². The number of halogens is 2. The molecule has 0 radical (unpaired) electrons. The normalized spacial score (nSPS) is 17.9. The van der Waals surface area contributed by atoms with Gasteiger partial charge in [0, 0.05) is 18.5 Å². The lowest BCUT2D eigenvalue weighted by molar-refractivity contribution is -0.141. The summed E-state index contributed by atoms with van der Waals surface area (Å²) in [5.41, 5.74) is 0.0235. The summed E-state index contributed by atoms with van der Waals surface area (Å²) < 4.78 is 13.6. The number of hydrogen-bond acceptors (Lipinski definition) is 2. The first-order chi connectivity index (χ1) is 9.89. The van der Waals surface area contributed by atoms with Gasteiger partial charge in [0.1, 0.15) is 5.82 Å². The van der Waals surface area contributed by atoms with E-state index in [4.69, 9.17) is 18.2 Å². The first-order valence-electron chi connectivity index (χ1n) is 6.49. The molecule has 1 unspecified atom stereocenters. The minimum atomic E-state index is -0.753. The number of carbonyl (C=O) groups excluding carboxylic acids is 1. The molecule has 1 aromatic rings. The lowest BCUT2D eigenvalue weighted by Gasteiger charge is -2.29. The van der Waals surface area contributed by atoms with Gasteiger partial charge in [0.15, 0.2) is 5.69 Å². The fourth-order valence-corrected chi connectivity index (χ4v) is 2.22. The van der Waals surface area contributed by atoms with E-state index in [1.807, 2.05) is 0 Å². The van der Waals surface area contributed by atoms with Gasteiger partial charge in [-0.25, -0.2) is 14.2 Å². The van der Waals surface area contributed by atoms with Crippen molar-refractivity contribution >= 4 is 29.4 Å². The second kappa shape index (κ2) is 5.82. The summed E-state index contributed by atoms with van der Waals surface area (Å²) >= 11 is 5.83. The van der Waals surface area contributed by atoms with Gasteiger partial charge in [-0.3, -0.25) is 4.79 Å². The molecule has 1 amide bonds. The van der Waals surface area contributed by atoms with Crippen LogP contribution < -0.4 is 0 Å². The van der Waals surface area contributed by atoms with Gasteiger partial charge >= 0.3 is 0 Å². The number of amides is 1. The minimum Gasteiger partial charge on any atom is -0.272 e. The largest absolute Gasteiger partial charge is 0.272 e. The van der Waals surface area contributed by atoms with E-state index < -0.39 is 17.3 Å². The highest BCUT2D eigenvalue weighted by Gasteiger charge is 2.37. The summed E-state index contributed by atoms with van der Waals surface area (Å²) in [7, 11) is 0. The Kier molecular flexibility index (Phi) is 4.29. The van der Waals surface area contributed by atoms with Crippen molar-refractivity contribution in [3.63, 3.8) is 0 Å². The Morgan fingerprint density at radius 2 is 2.29 bits per heavy atom. The smallest absolute Gasteiger partial charge is 0.250 e. The Bertz CT molecular complexity index is 636. The molecule has 0 fully saturated rings. The molecule has 0 aliphatic carbocycles. The van der Waals surface area contributed by atoms with Crippen LogP contribution in [0.1, 0.15) is 31.9 Å². The van der Waals surface area contributed by atoms with Gasteiger partial charge in [0.25, 0.3) is 0 Å². The Morgan fingerprint density at radius 1 is 1.57 bits per heavy atom. The maximum absolute atomic E-state index is 13.6. The van der Waals surface area contributed by atoms with E-state index in [1.165, 1.54) is 17.1 Å². The van der Waals surface area contributed by atoms with Gasteiger partial charge < -0.3 is 0 Å². The number of rotatable bonds is 3. The van der Waals surface area contributed by atoms with Crippen LogP contribution in [0.2, 0.25) is 0 Å². The van der Waals surface area contributed by atoms with Crippen LogP contribution in [0.3, 0.4) is 0 Å². The number of hydrogen-bond donors (Lipinski definition) is 0. The molecule has 0 N–H and O–H groups in total. The number of benzene rings is 1. The van der Waals surface area contributed by atoms with Gasteiger partial charge in [-0.2, -0.15) is 5.10 Å². The molecule has 0 bridgehead atoms. The fraction of sp³-hybridized carbons (Fsp3) is 0.400. The summed E-state index contributed by atoms with van der Waals surface area (Å²) in [6.07, 6.45) is 2.11. The van der Waals surface area contributed by atoms with Crippen molar-refractivity contribution < 1.29 is 9.18 Å². The van der Waals surface area contributed by atoms with E-state index in [1.54, 1.807) is 26.1 Å². The molecule has 2 rings (SSSR count). The molecule has 0 saturated carbocycles. The van der Waals surface area contributed by atoms with Crippen LogP contribution in [0, 0.1) is 17.8 Å². The summed E-state index contributed by atoms with van der Waals surface area (Å²) in [6.45, 7) is 10.5. The van der Waals surface area contributed by atoms with E-state index in [9.17, 15) is 9.18 Å². The van der Waals surface area contributed by atoms with E-state index in [2.05, 4.69) is 9.95 Å². The average Bonchev–Trinajstić information content (AvgIpc) is 2.94. The Hall–Kier alpha value is -1.93. The summed E-state index contributed by atoms with van der Waals surface area (Å²) in [4.78, 5) is 15.7. The Morgan fingerprint density at radius 3 is 2.90 bits per heavy atom. The van der Waals surface area contributed by atoms with E-state index in [0.717, 1.165) is 0 Å². The summed E-state index contributed by atoms with van der Waals surface area (Å²) in [5, 5.41) is 5.43. The molecule has 110 valence electrons. The van der Waals surface area contributed by atoms with Crippen molar-refractivity contribution in [1.29, 1.82) is 0 Å². The third-order valence-corrected chi connectivity index (χ3v) is 4.04. The predicted octanol–water partition coefficient (Wildman–Crippen LogP) is 3.90. The van der Waals surface area contributed by atoms with Crippen LogP contribution >= 0.6 is 11.6 Å². The van der Waals surface area contributed by atoms with Crippen molar-refractivity contribution in [3.05, 3.63) is 41.0 Å². The molecule has 0 saturated heterocycles. The number of alkyl halides is 1. The minimum absolute atomic E-state index is 0.168. The molecule has 1 aliphatic heterocycles. The van der Waals surface area contributed by atoms with Crippen molar-refractivity contribution in [3.8, 4) is 0 Å². The molecule has 4 nitrogen and oxygen atoms in total. The zero-order valence-corrected chi connectivity index (χ0v) is 12.6. The average molecular weight is 308 g/mol. The van der Waals surface area contributed by atoms with Crippen LogP contribution in [0.15, 0.2) is 23.3 Å². The van der Waals surface area contributed by atoms with Gasteiger partial charge in [0.05, 0.1) is 18.0 Å². The lowest BCUT2D eigenvalue weighted by atomic mass is 9.93. The van der Waals surface area contributed by atoms with E-state index in [-0.39, 0.29) is 17.5 Å². The molecule has 0 spiro atoms.